The molecule has 5 heteroatoms. The van der Waals surface area contributed by atoms with Gasteiger partial charge in [-0.15, -0.1) is 0 Å². The molecular formula is C9H12N2O3. The topological polar surface area (TPSA) is 82.5 Å². The van der Waals surface area contributed by atoms with Gasteiger partial charge < -0.3 is 15.5 Å². The van der Waals surface area contributed by atoms with E-state index >= 15 is 0 Å². The first-order valence-corrected chi connectivity index (χ1v) is 4.22. The molecule has 1 heterocycles. The predicted molar refractivity (Wildman–Crippen MR) is 49.7 cm³/mol. The molecule has 1 amide bonds. The summed E-state index contributed by atoms with van der Waals surface area (Å²) in [6.07, 6.45) is 0.583. The molecule has 3 N–H and O–H groups in total. The minimum atomic E-state index is -0.928. The summed E-state index contributed by atoms with van der Waals surface area (Å²) in [6, 6.07) is 4.98. The number of carbonyl (C=O) groups is 1. The van der Waals surface area contributed by atoms with E-state index in [1.54, 1.807) is 18.2 Å². The number of amides is 1. The van der Waals surface area contributed by atoms with Crippen molar-refractivity contribution in [3.8, 4) is 0 Å². The summed E-state index contributed by atoms with van der Waals surface area (Å²) in [5.74, 6) is -0.363. The van der Waals surface area contributed by atoms with E-state index in [1.807, 2.05) is 0 Å². The molecule has 0 aliphatic carbocycles. The Bertz CT molecular complexity index is 289. The molecule has 0 spiro atoms. The van der Waals surface area contributed by atoms with Crippen LogP contribution in [0.25, 0.3) is 0 Å². The number of pyridine rings is 1. The molecule has 0 aromatic carbocycles. The average molecular weight is 196 g/mol. The number of nitrogens with zero attached hydrogens (tertiary/aromatic N) is 1. The van der Waals surface area contributed by atoms with E-state index < -0.39 is 6.10 Å². The van der Waals surface area contributed by atoms with E-state index in [0.29, 0.717) is 0 Å². The number of nitrogens with one attached hydrogen (secondary N) is 1. The fourth-order valence-electron chi connectivity index (χ4n) is 0.863. The molecule has 0 bridgehead atoms. The zero-order chi connectivity index (χ0) is 10.4. The lowest BCUT2D eigenvalue weighted by atomic mass is 10.3. The van der Waals surface area contributed by atoms with Crippen LogP contribution in [0.3, 0.4) is 0 Å². The lowest BCUT2D eigenvalue weighted by Crippen LogP contribution is -2.34. The SMILES string of the molecule is O=C(NCC(O)CO)c1ccccn1. The molecular weight excluding hydrogens is 184 g/mol. The van der Waals surface area contributed by atoms with Crippen LogP contribution in [0.5, 0.6) is 0 Å². The van der Waals surface area contributed by atoms with Gasteiger partial charge in [-0.05, 0) is 12.1 Å². The largest absolute Gasteiger partial charge is 0.394 e. The van der Waals surface area contributed by atoms with Gasteiger partial charge in [-0.1, -0.05) is 6.07 Å². The molecule has 1 aromatic rings. The Morgan fingerprint density at radius 1 is 1.57 bits per heavy atom. The summed E-state index contributed by atoms with van der Waals surface area (Å²) in [5, 5.41) is 19.9. The molecule has 1 aromatic heterocycles. The fraction of sp³-hybridized carbons (Fsp3) is 0.333. The van der Waals surface area contributed by atoms with E-state index in [9.17, 15) is 4.79 Å². The van der Waals surface area contributed by atoms with Gasteiger partial charge in [0.05, 0.1) is 12.7 Å². The van der Waals surface area contributed by atoms with Gasteiger partial charge in [0.25, 0.3) is 5.91 Å². The van der Waals surface area contributed by atoms with Crippen molar-refractivity contribution in [1.29, 1.82) is 0 Å². The molecule has 76 valence electrons. The summed E-state index contributed by atoms with van der Waals surface area (Å²) in [4.78, 5) is 15.1. The van der Waals surface area contributed by atoms with Gasteiger partial charge in [0.15, 0.2) is 0 Å². The van der Waals surface area contributed by atoms with Gasteiger partial charge in [-0.2, -0.15) is 0 Å². The number of hydrogen-bond acceptors (Lipinski definition) is 4. The summed E-state index contributed by atoms with van der Waals surface area (Å²) in [6.45, 7) is -0.353. The van der Waals surface area contributed by atoms with Crippen LogP contribution in [0.1, 0.15) is 10.5 Å². The molecule has 0 aliphatic heterocycles. The first-order valence-electron chi connectivity index (χ1n) is 4.22. The third-order valence-corrected chi connectivity index (χ3v) is 1.61. The van der Waals surface area contributed by atoms with Crippen LogP contribution in [0.15, 0.2) is 24.4 Å². The van der Waals surface area contributed by atoms with Gasteiger partial charge in [-0.25, -0.2) is 0 Å². The van der Waals surface area contributed by atoms with Crippen LogP contribution in [-0.2, 0) is 0 Å². The van der Waals surface area contributed by atoms with Crippen LogP contribution < -0.4 is 5.32 Å². The molecule has 1 atom stereocenters. The minimum Gasteiger partial charge on any atom is -0.394 e. The van der Waals surface area contributed by atoms with Crippen LogP contribution in [0.4, 0.5) is 0 Å². The van der Waals surface area contributed by atoms with Crippen molar-refractivity contribution in [1.82, 2.24) is 10.3 Å². The van der Waals surface area contributed by atoms with Crippen LogP contribution in [-0.4, -0.2) is 40.4 Å². The van der Waals surface area contributed by atoms with E-state index in [2.05, 4.69) is 10.3 Å². The van der Waals surface area contributed by atoms with E-state index in [1.165, 1.54) is 6.20 Å². The Morgan fingerprint density at radius 3 is 2.93 bits per heavy atom. The standard InChI is InChI=1S/C9H12N2O3/c12-6-7(13)5-11-9(14)8-3-1-2-4-10-8/h1-4,7,12-13H,5-6H2,(H,11,14). The molecule has 5 nitrogen and oxygen atoms in total. The van der Waals surface area contributed by atoms with Crippen LogP contribution in [0, 0.1) is 0 Å². The van der Waals surface area contributed by atoms with E-state index in [4.69, 9.17) is 10.2 Å². The number of carbonyl (C=O) groups excluding carboxylic acids is 1. The third-order valence-electron chi connectivity index (χ3n) is 1.61. The van der Waals surface area contributed by atoms with Gasteiger partial charge in [0.1, 0.15) is 5.69 Å². The highest BCUT2D eigenvalue weighted by atomic mass is 16.3. The second kappa shape index (κ2) is 5.31. The van der Waals surface area contributed by atoms with Gasteiger partial charge in [-0.3, -0.25) is 9.78 Å². The number of hydrogen-bond donors (Lipinski definition) is 3. The number of aliphatic hydroxyl groups excluding tert-OH is 2. The number of aromatic nitrogens is 1. The van der Waals surface area contributed by atoms with Gasteiger partial charge >= 0.3 is 0 Å². The van der Waals surface area contributed by atoms with Crippen molar-refractivity contribution in [2.45, 2.75) is 6.10 Å². The highest BCUT2D eigenvalue weighted by Gasteiger charge is 2.07. The Labute approximate surface area is 81.4 Å². The maximum absolute atomic E-state index is 11.3. The van der Waals surface area contributed by atoms with Crippen molar-refractivity contribution in [2.75, 3.05) is 13.2 Å². The lowest BCUT2D eigenvalue weighted by Gasteiger charge is -2.07. The zero-order valence-electron chi connectivity index (χ0n) is 7.55. The smallest absolute Gasteiger partial charge is 0.269 e. The molecule has 0 saturated heterocycles. The quantitative estimate of drug-likeness (QED) is 0.586. The van der Waals surface area contributed by atoms with Crippen molar-refractivity contribution in [3.63, 3.8) is 0 Å². The number of aliphatic hydroxyl groups is 2. The van der Waals surface area contributed by atoms with Crippen molar-refractivity contribution in [2.24, 2.45) is 0 Å². The normalized spacial score (nSPS) is 12.1. The lowest BCUT2D eigenvalue weighted by molar-refractivity contribution is 0.0799. The van der Waals surface area contributed by atoms with E-state index in [-0.39, 0.29) is 24.8 Å². The van der Waals surface area contributed by atoms with Crippen LogP contribution in [0.2, 0.25) is 0 Å². The summed E-state index contributed by atoms with van der Waals surface area (Å²) in [7, 11) is 0. The van der Waals surface area contributed by atoms with Gasteiger partial charge in [0, 0.05) is 12.7 Å². The van der Waals surface area contributed by atoms with Crippen LogP contribution >= 0.6 is 0 Å². The summed E-state index contributed by atoms with van der Waals surface area (Å²) >= 11 is 0. The molecule has 0 radical (unpaired) electrons. The molecule has 0 fully saturated rings. The third kappa shape index (κ3) is 3.12. The highest BCUT2D eigenvalue weighted by molar-refractivity contribution is 5.92. The van der Waals surface area contributed by atoms with Gasteiger partial charge in [0.2, 0.25) is 0 Å². The van der Waals surface area contributed by atoms with Crippen molar-refractivity contribution in [3.05, 3.63) is 30.1 Å². The molecule has 1 rings (SSSR count). The molecule has 14 heavy (non-hydrogen) atoms. The van der Waals surface area contributed by atoms with Crippen molar-refractivity contribution >= 4 is 5.91 Å². The maximum atomic E-state index is 11.3. The minimum absolute atomic E-state index is 0.0197. The summed E-state index contributed by atoms with van der Waals surface area (Å²) in [5.41, 5.74) is 0.289. The second-order valence-corrected chi connectivity index (χ2v) is 2.76. The first kappa shape index (κ1) is 10.6. The molecule has 0 saturated carbocycles. The maximum Gasteiger partial charge on any atom is 0.269 e. The highest BCUT2D eigenvalue weighted by Crippen LogP contribution is 1.92. The van der Waals surface area contributed by atoms with E-state index in [0.717, 1.165) is 0 Å². The Morgan fingerprint density at radius 2 is 2.36 bits per heavy atom. The zero-order valence-corrected chi connectivity index (χ0v) is 7.55. The Hall–Kier alpha value is -1.46. The molecule has 0 aliphatic rings. The monoisotopic (exact) mass is 196 g/mol. The summed E-state index contributed by atoms with van der Waals surface area (Å²) < 4.78 is 0. The molecule has 1 unspecified atom stereocenters. The number of rotatable bonds is 4. The first-order chi connectivity index (χ1) is 6.74. The fourth-order valence-corrected chi connectivity index (χ4v) is 0.863. The second-order valence-electron chi connectivity index (χ2n) is 2.76. The van der Waals surface area contributed by atoms with Crippen molar-refractivity contribution < 1.29 is 15.0 Å². The Kier molecular flexibility index (Phi) is 4.03. The predicted octanol–water partition coefficient (Wildman–Crippen LogP) is -0.835. The Balaban J connectivity index is 2.44. The average Bonchev–Trinajstić information content (AvgIpc) is 2.26.